The third-order valence-corrected chi connectivity index (χ3v) is 5.09. The van der Waals surface area contributed by atoms with Crippen molar-refractivity contribution < 1.29 is 14.3 Å². The highest BCUT2D eigenvalue weighted by molar-refractivity contribution is 5.92. The monoisotopic (exact) mass is 440 g/mol. The number of ether oxygens (including phenoxy) is 1. The van der Waals surface area contributed by atoms with Gasteiger partial charge in [0, 0.05) is 30.0 Å². The lowest BCUT2D eigenvalue weighted by Crippen LogP contribution is -2.45. The molecule has 0 radical (unpaired) electrons. The zero-order valence-electron chi connectivity index (χ0n) is 19.6. The normalized spacial score (nSPS) is 11.8. The average molecular weight is 441 g/mol. The minimum absolute atomic E-state index is 0.120. The predicted octanol–water partition coefficient (Wildman–Crippen LogP) is 4.58. The van der Waals surface area contributed by atoms with Gasteiger partial charge < -0.3 is 20.7 Å². The summed E-state index contributed by atoms with van der Waals surface area (Å²) in [4.78, 5) is 26.9. The van der Waals surface area contributed by atoms with Gasteiger partial charge in [-0.05, 0) is 49.7 Å². The maximum absolute atomic E-state index is 12.4. The van der Waals surface area contributed by atoms with Crippen molar-refractivity contribution in [2.24, 2.45) is 5.92 Å². The number of hydrogen-bond donors (Lipinski definition) is 3. The lowest BCUT2D eigenvalue weighted by atomic mass is 10.0. The summed E-state index contributed by atoms with van der Waals surface area (Å²) in [6.07, 6.45) is 1.02. The van der Waals surface area contributed by atoms with E-state index in [1.54, 1.807) is 24.3 Å². The van der Waals surface area contributed by atoms with Crippen molar-refractivity contribution in [2.75, 3.05) is 36.9 Å². The van der Waals surface area contributed by atoms with Crippen LogP contribution in [0.1, 0.15) is 34.1 Å². The van der Waals surface area contributed by atoms with Crippen LogP contribution in [0.4, 0.5) is 16.2 Å². The van der Waals surface area contributed by atoms with Crippen molar-refractivity contribution in [2.45, 2.75) is 40.2 Å². The molecule has 0 saturated carbocycles. The summed E-state index contributed by atoms with van der Waals surface area (Å²) in [6, 6.07) is 16.3. The average Bonchev–Trinajstić information content (AvgIpc) is 2.77. The summed E-state index contributed by atoms with van der Waals surface area (Å²) in [6.45, 7) is 11.0. The fourth-order valence-electron chi connectivity index (χ4n) is 3.56. The highest BCUT2D eigenvalue weighted by atomic mass is 16.5. The lowest BCUT2D eigenvalue weighted by molar-refractivity contribution is -0.118. The quantitative estimate of drug-likeness (QED) is 0.451. The topological polar surface area (TPSA) is 82.7 Å². The Hall–Kier alpha value is -3.06. The summed E-state index contributed by atoms with van der Waals surface area (Å²) in [5.41, 5.74) is 1.32. The third kappa shape index (κ3) is 8.98. The number of carbonyl (C=O) groups is 2. The molecule has 1 atom stereocenters. The maximum atomic E-state index is 12.4. The molecule has 32 heavy (non-hydrogen) atoms. The number of amides is 3. The molecule has 3 N–H and O–H groups in total. The number of nitrogens with one attached hydrogen (secondary N) is 3. The minimum Gasteiger partial charge on any atom is -0.484 e. The zero-order valence-corrected chi connectivity index (χ0v) is 19.6. The van der Waals surface area contributed by atoms with Gasteiger partial charge in [0.2, 0.25) is 0 Å². The van der Waals surface area contributed by atoms with Crippen molar-refractivity contribution in [1.29, 1.82) is 0 Å². The molecule has 174 valence electrons. The van der Waals surface area contributed by atoms with Gasteiger partial charge in [0.15, 0.2) is 6.61 Å². The molecule has 3 amide bonds. The highest BCUT2D eigenvalue weighted by Gasteiger charge is 2.18. The van der Waals surface area contributed by atoms with E-state index in [0.29, 0.717) is 35.6 Å². The van der Waals surface area contributed by atoms with E-state index < -0.39 is 0 Å². The second kappa shape index (κ2) is 13.4. The number of para-hydroxylation sites is 1. The van der Waals surface area contributed by atoms with Crippen LogP contribution in [0.5, 0.6) is 5.75 Å². The second-order valence-electron chi connectivity index (χ2n) is 8.07. The fourth-order valence-corrected chi connectivity index (χ4v) is 3.56. The number of rotatable bonds is 12. The lowest BCUT2D eigenvalue weighted by Gasteiger charge is -2.31. The first kappa shape index (κ1) is 25.2. The molecule has 7 nitrogen and oxygen atoms in total. The van der Waals surface area contributed by atoms with E-state index in [2.05, 4.69) is 48.5 Å². The largest absolute Gasteiger partial charge is 0.484 e. The Kier molecular flexibility index (Phi) is 10.5. The SMILES string of the molecule is CCN(CC)C(CNC(=O)Nc1cccc(OCC(=O)Nc2ccccc2)c1)CC(C)C. The van der Waals surface area contributed by atoms with Crippen LogP contribution in [0.15, 0.2) is 54.6 Å². The van der Waals surface area contributed by atoms with Crippen molar-refractivity contribution in [3.8, 4) is 5.75 Å². The standard InChI is InChI=1S/C25H36N4O3/c1-5-29(6-2)22(15-19(3)4)17-26-25(31)28-21-13-10-14-23(16-21)32-18-24(30)27-20-11-8-7-9-12-20/h7-14,16,19,22H,5-6,15,17-18H2,1-4H3,(H,27,30)(H2,26,28,31). The Labute approximate surface area is 191 Å². The molecule has 2 aromatic carbocycles. The van der Waals surface area contributed by atoms with Gasteiger partial charge in [-0.1, -0.05) is 52.0 Å². The van der Waals surface area contributed by atoms with Crippen LogP contribution in [-0.2, 0) is 4.79 Å². The third-order valence-electron chi connectivity index (χ3n) is 5.09. The molecule has 0 fully saturated rings. The summed E-state index contributed by atoms with van der Waals surface area (Å²) >= 11 is 0. The van der Waals surface area contributed by atoms with Gasteiger partial charge in [-0.2, -0.15) is 0 Å². The molecular formula is C25H36N4O3. The van der Waals surface area contributed by atoms with Gasteiger partial charge in [-0.3, -0.25) is 9.69 Å². The van der Waals surface area contributed by atoms with Crippen molar-refractivity contribution in [3.63, 3.8) is 0 Å². The van der Waals surface area contributed by atoms with Gasteiger partial charge in [0.1, 0.15) is 5.75 Å². The molecule has 0 aliphatic heterocycles. The molecule has 0 aliphatic rings. The first-order chi connectivity index (χ1) is 15.4. The van der Waals surface area contributed by atoms with Gasteiger partial charge >= 0.3 is 6.03 Å². The Morgan fingerprint density at radius 3 is 2.28 bits per heavy atom. The van der Waals surface area contributed by atoms with Crippen molar-refractivity contribution in [3.05, 3.63) is 54.6 Å². The van der Waals surface area contributed by atoms with Crippen LogP contribution in [0.2, 0.25) is 0 Å². The molecule has 7 heteroatoms. The fraction of sp³-hybridized carbons (Fsp3) is 0.440. The number of benzene rings is 2. The molecule has 2 rings (SSSR count). The smallest absolute Gasteiger partial charge is 0.319 e. The van der Waals surface area contributed by atoms with E-state index in [-0.39, 0.29) is 18.5 Å². The van der Waals surface area contributed by atoms with E-state index in [1.165, 1.54) is 0 Å². The molecular weight excluding hydrogens is 404 g/mol. The predicted molar refractivity (Wildman–Crippen MR) is 130 cm³/mol. The molecule has 2 aromatic rings. The molecule has 1 unspecified atom stereocenters. The number of likely N-dealkylation sites (N-methyl/N-ethyl adjacent to an activating group) is 1. The molecule has 0 aromatic heterocycles. The molecule has 0 spiro atoms. The van der Waals surface area contributed by atoms with E-state index in [0.717, 1.165) is 19.5 Å². The Bertz CT molecular complexity index is 838. The van der Waals surface area contributed by atoms with Crippen LogP contribution < -0.4 is 20.7 Å². The van der Waals surface area contributed by atoms with Gasteiger partial charge in [0.25, 0.3) is 5.91 Å². The van der Waals surface area contributed by atoms with E-state index in [9.17, 15) is 9.59 Å². The Morgan fingerprint density at radius 1 is 0.938 bits per heavy atom. The summed E-state index contributed by atoms with van der Waals surface area (Å²) in [7, 11) is 0. The maximum Gasteiger partial charge on any atom is 0.319 e. The van der Waals surface area contributed by atoms with Crippen LogP contribution in [0, 0.1) is 5.92 Å². The van der Waals surface area contributed by atoms with Crippen LogP contribution in [0.3, 0.4) is 0 Å². The highest BCUT2D eigenvalue weighted by Crippen LogP contribution is 2.18. The van der Waals surface area contributed by atoms with Gasteiger partial charge in [-0.15, -0.1) is 0 Å². The minimum atomic E-state index is -0.259. The first-order valence-corrected chi connectivity index (χ1v) is 11.3. The van der Waals surface area contributed by atoms with E-state index in [4.69, 9.17) is 4.74 Å². The number of nitrogens with zero attached hydrogens (tertiary/aromatic N) is 1. The van der Waals surface area contributed by atoms with Gasteiger partial charge in [0.05, 0.1) is 0 Å². The van der Waals surface area contributed by atoms with Crippen molar-refractivity contribution in [1.82, 2.24) is 10.2 Å². The Morgan fingerprint density at radius 2 is 1.62 bits per heavy atom. The number of carbonyl (C=O) groups excluding carboxylic acids is 2. The molecule has 0 heterocycles. The zero-order chi connectivity index (χ0) is 23.3. The van der Waals surface area contributed by atoms with E-state index in [1.807, 2.05) is 30.3 Å². The van der Waals surface area contributed by atoms with Crippen LogP contribution >= 0.6 is 0 Å². The van der Waals surface area contributed by atoms with Crippen molar-refractivity contribution >= 4 is 23.3 Å². The summed E-state index contributed by atoms with van der Waals surface area (Å²) in [5.74, 6) is 0.810. The van der Waals surface area contributed by atoms with Crippen LogP contribution in [-0.4, -0.2) is 49.1 Å². The number of hydrogen-bond acceptors (Lipinski definition) is 4. The molecule has 0 aliphatic carbocycles. The second-order valence-corrected chi connectivity index (χ2v) is 8.07. The number of urea groups is 1. The summed E-state index contributed by atoms with van der Waals surface area (Å²) < 4.78 is 5.57. The summed E-state index contributed by atoms with van der Waals surface area (Å²) in [5, 5.41) is 8.60. The Balaban J connectivity index is 1.84. The first-order valence-electron chi connectivity index (χ1n) is 11.3. The molecule has 0 bridgehead atoms. The van der Waals surface area contributed by atoms with Gasteiger partial charge in [-0.25, -0.2) is 4.79 Å². The number of anilines is 2. The molecule has 0 saturated heterocycles. The van der Waals surface area contributed by atoms with Crippen LogP contribution in [0.25, 0.3) is 0 Å². The van der Waals surface area contributed by atoms with E-state index >= 15 is 0 Å².